The molecule has 1 aromatic carbocycles. The van der Waals surface area contributed by atoms with Crippen LogP contribution in [-0.4, -0.2) is 60.2 Å². The number of hydrogen-bond donors (Lipinski definition) is 2. The van der Waals surface area contributed by atoms with E-state index in [1.807, 2.05) is 26.8 Å². The molecule has 4 N–H and O–H groups in total. The van der Waals surface area contributed by atoms with Crippen LogP contribution in [0.3, 0.4) is 0 Å². The predicted octanol–water partition coefficient (Wildman–Crippen LogP) is 4.02. The summed E-state index contributed by atoms with van der Waals surface area (Å²) in [5.41, 5.74) is 15.2. The van der Waals surface area contributed by atoms with Crippen LogP contribution >= 0.6 is 0 Å². The number of anilines is 2. The summed E-state index contributed by atoms with van der Waals surface area (Å²) in [7, 11) is 2.14. The molecule has 1 amide bonds. The van der Waals surface area contributed by atoms with Crippen molar-refractivity contribution in [2.75, 3.05) is 44.0 Å². The maximum Gasteiger partial charge on any atom is 0.318 e. The van der Waals surface area contributed by atoms with E-state index in [1.165, 1.54) is 12.0 Å². The van der Waals surface area contributed by atoms with E-state index in [9.17, 15) is 4.79 Å². The third-order valence-electron chi connectivity index (χ3n) is 6.75. The number of hydrogen-bond acceptors (Lipinski definition) is 9. The van der Waals surface area contributed by atoms with Crippen molar-refractivity contribution in [1.29, 1.82) is 5.26 Å². The summed E-state index contributed by atoms with van der Waals surface area (Å²) < 4.78 is 11.8. The molecule has 1 saturated heterocycles. The molecule has 3 aliphatic heterocycles. The van der Waals surface area contributed by atoms with E-state index >= 15 is 0 Å². The van der Waals surface area contributed by atoms with Crippen molar-refractivity contribution >= 4 is 17.4 Å². The van der Waals surface area contributed by atoms with E-state index in [0.29, 0.717) is 37.4 Å². The lowest BCUT2D eigenvalue weighted by Crippen LogP contribution is -2.33. The monoisotopic (exact) mass is 551 g/mol. The molecule has 218 valence electrons. The van der Waals surface area contributed by atoms with Crippen LogP contribution in [0, 0.1) is 11.3 Å². The SMILES string of the molecule is C=CC(N)=O.CC.CCCC#N.CN1CCC[C@H]1COc1nc(N)c2c(n1)CN(c1cccc3c1OCC3)CC2. The lowest BCUT2D eigenvalue weighted by molar-refractivity contribution is -0.113. The first-order valence-electron chi connectivity index (χ1n) is 14.1. The minimum Gasteiger partial charge on any atom is -0.491 e. The molecule has 40 heavy (non-hydrogen) atoms. The Morgan fingerprint density at radius 1 is 1.30 bits per heavy atom. The van der Waals surface area contributed by atoms with Crippen LogP contribution < -0.4 is 25.8 Å². The smallest absolute Gasteiger partial charge is 0.318 e. The number of unbranched alkanes of at least 4 members (excludes halogenated alkanes) is 1. The third kappa shape index (κ3) is 9.12. The molecule has 2 aromatic rings. The molecule has 5 rings (SSSR count). The Balaban J connectivity index is 0.000000399. The van der Waals surface area contributed by atoms with E-state index < -0.39 is 5.91 Å². The number of aromatic nitrogens is 2. The van der Waals surface area contributed by atoms with Gasteiger partial charge >= 0.3 is 6.01 Å². The van der Waals surface area contributed by atoms with Crippen LogP contribution in [-0.2, 0) is 24.2 Å². The van der Waals surface area contributed by atoms with Gasteiger partial charge in [0.15, 0.2) is 0 Å². The van der Waals surface area contributed by atoms with Gasteiger partial charge in [-0.3, -0.25) is 4.79 Å². The molecule has 0 aliphatic carbocycles. The van der Waals surface area contributed by atoms with Crippen molar-refractivity contribution < 1.29 is 14.3 Å². The number of carbonyl (C=O) groups is 1. The van der Waals surface area contributed by atoms with Crippen molar-refractivity contribution in [2.24, 2.45) is 5.73 Å². The number of likely N-dealkylation sites (tertiary alicyclic amines) is 1. The average molecular weight is 552 g/mol. The Kier molecular flexibility index (Phi) is 13.7. The summed E-state index contributed by atoms with van der Waals surface area (Å²) in [4.78, 5) is 23.3. The number of primary amides is 1. The van der Waals surface area contributed by atoms with Crippen molar-refractivity contribution in [3.63, 3.8) is 0 Å². The second-order valence-corrected chi connectivity index (χ2v) is 9.45. The number of rotatable bonds is 6. The second kappa shape index (κ2) is 17.0. The first-order chi connectivity index (χ1) is 19.4. The molecule has 0 radical (unpaired) electrons. The van der Waals surface area contributed by atoms with Crippen LogP contribution in [0.5, 0.6) is 11.8 Å². The highest BCUT2D eigenvalue weighted by Crippen LogP contribution is 2.38. The predicted molar refractivity (Wildman–Crippen MR) is 159 cm³/mol. The van der Waals surface area contributed by atoms with Crippen molar-refractivity contribution in [3.8, 4) is 17.8 Å². The van der Waals surface area contributed by atoms with Gasteiger partial charge in [-0.15, -0.1) is 0 Å². The summed E-state index contributed by atoms with van der Waals surface area (Å²) in [5.74, 6) is 1.09. The van der Waals surface area contributed by atoms with E-state index in [2.05, 4.69) is 52.3 Å². The number of nitriles is 1. The number of nitrogens with two attached hydrogens (primary N) is 2. The highest BCUT2D eigenvalue weighted by molar-refractivity contribution is 5.85. The molecule has 0 spiro atoms. The number of para-hydroxylation sites is 1. The molecule has 3 aliphatic rings. The van der Waals surface area contributed by atoms with Crippen molar-refractivity contribution in [3.05, 3.63) is 47.7 Å². The summed E-state index contributed by atoms with van der Waals surface area (Å²) in [6.07, 6.45) is 6.92. The van der Waals surface area contributed by atoms with Gasteiger partial charge < -0.3 is 30.7 Å². The molecule has 1 fully saturated rings. The molecule has 0 unspecified atom stereocenters. The van der Waals surface area contributed by atoms with Crippen LogP contribution in [0.1, 0.15) is 63.3 Å². The number of likely N-dealkylation sites (N-methyl/N-ethyl adjacent to an activating group) is 1. The fourth-order valence-electron chi connectivity index (χ4n) is 4.63. The van der Waals surface area contributed by atoms with Gasteiger partial charge in [-0.25, -0.2) is 0 Å². The fourth-order valence-corrected chi connectivity index (χ4v) is 4.63. The first kappa shape index (κ1) is 32.4. The molecule has 1 atom stereocenters. The largest absolute Gasteiger partial charge is 0.491 e. The lowest BCUT2D eigenvalue weighted by Gasteiger charge is -2.31. The highest BCUT2D eigenvalue weighted by Gasteiger charge is 2.27. The number of ether oxygens (including phenoxy) is 2. The van der Waals surface area contributed by atoms with E-state index in [-0.39, 0.29) is 0 Å². The van der Waals surface area contributed by atoms with Crippen LogP contribution in [0.15, 0.2) is 30.9 Å². The standard InChI is InChI=1S/C21H27N5O2.C4H7N.C3H5NO.C2H6/c1-25-9-3-5-15(25)13-28-21-23-17-12-26(10-7-16(17)20(22)24-21)18-6-2-4-14-8-11-27-19(14)18;1-2-3-4-5;1-2-3(4)5;1-2/h2,4,6,15H,3,5,7-13H2,1H3,(H2,22,23,24);2-3H2,1H3;2H,1H2,(H2,4,5);1-2H3/t15-;;;/m0.../s1. The number of amides is 1. The maximum atomic E-state index is 9.47. The van der Waals surface area contributed by atoms with Gasteiger partial charge in [0.25, 0.3) is 0 Å². The Hall–Kier alpha value is -3.84. The minimum atomic E-state index is -0.481. The zero-order valence-electron chi connectivity index (χ0n) is 24.5. The Morgan fingerprint density at radius 3 is 2.65 bits per heavy atom. The van der Waals surface area contributed by atoms with Gasteiger partial charge in [0, 0.05) is 31.0 Å². The van der Waals surface area contributed by atoms with Gasteiger partial charge in [0.05, 0.1) is 30.6 Å². The third-order valence-corrected chi connectivity index (χ3v) is 6.75. The minimum absolute atomic E-state index is 0.396. The van der Waals surface area contributed by atoms with Crippen LogP contribution in [0.2, 0.25) is 0 Å². The average Bonchev–Trinajstić information content (AvgIpc) is 3.62. The molecular weight excluding hydrogens is 506 g/mol. The summed E-state index contributed by atoms with van der Waals surface area (Å²) >= 11 is 0. The zero-order valence-corrected chi connectivity index (χ0v) is 24.5. The number of benzene rings is 1. The van der Waals surface area contributed by atoms with Gasteiger partial charge in [0.1, 0.15) is 18.2 Å². The maximum absolute atomic E-state index is 9.47. The van der Waals surface area contributed by atoms with E-state index in [1.54, 1.807) is 0 Å². The summed E-state index contributed by atoms with van der Waals surface area (Å²) in [6, 6.07) is 9.24. The molecule has 0 saturated carbocycles. The normalized spacial score (nSPS) is 16.7. The van der Waals surface area contributed by atoms with Gasteiger partial charge in [0.2, 0.25) is 5.91 Å². The molecule has 0 bridgehead atoms. The zero-order chi connectivity index (χ0) is 29.5. The molecule has 10 nitrogen and oxygen atoms in total. The highest BCUT2D eigenvalue weighted by atomic mass is 16.5. The number of nitrogens with zero attached hydrogens (tertiary/aromatic N) is 5. The topological polar surface area (TPSA) is 144 Å². The Morgan fingerprint density at radius 2 is 2.05 bits per heavy atom. The van der Waals surface area contributed by atoms with Crippen molar-refractivity contribution in [2.45, 2.75) is 71.9 Å². The fraction of sp³-hybridized carbons (Fsp3) is 0.533. The first-order valence-corrected chi connectivity index (χ1v) is 14.1. The summed E-state index contributed by atoms with van der Waals surface area (Å²) in [5, 5.41) is 7.82. The van der Waals surface area contributed by atoms with Gasteiger partial charge in [-0.1, -0.05) is 39.5 Å². The van der Waals surface area contributed by atoms with Crippen LogP contribution in [0.4, 0.5) is 11.5 Å². The molecule has 4 heterocycles. The second-order valence-electron chi connectivity index (χ2n) is 9.45. The van der Waals surface area contributed by atoms with E-state index in [0.717, 1.165) is 74.1 Å². The van der Waals surface area contributed by atoms with Crippen molar-refractivity contribution in [1.82, 2.24) is 14.9 Å². The van der Waals surface area contributed by atoms with Gasteiger partial charge in [-0.05, 0) is 57.0 Å². The van der Waals surface area contributed by atoms with Gasteiger partial charge in [-0.2, -0.15) is 15.2 Å². The quantitative estimate of drug-likeness (QED) is 0.509. The summed E-state index contributed by atoms with van der Waals surface area (Å²) in [6.45, 7) is 13.2. The van der Waals surface area contributed by atoms with E-state index in [4.69, 9.17) is 25.5 Å². The number of fused-ring (bicyclic) bond motifs is 2. The molecular formula is C30H45N7O3. The lowest BCUT2D eigenvalue weighted by atomic mass is 10.0. The molecule has 1 aromatic heterocycles. The number of nitrogen functional groups attached to an aromatic ring is 1. The Labute approximate surface area is 239 Å². The van der Waals surface area contributed by atoms with Crippen LogP contribution in [0.25, 0.3) is 0 Å². The molecule has 10 heteroatoms. The number of carbonyl (C=O) groups excluding carboxylic acids is 1. The Bertz CT molecular complexity index is 1150.